The highest BCUT2D eigenvalue weighted by Crippen LogP contribution is 2.43. The molecule has 128 valence electrons. The highest BCUT2D eigenvalue weighted by Gasteiger charge is 2.34. The van der Waals surface area contributed by atoms with Gasteiger partial charge in [-0.25, -0.2) is 0 Å². The van der Waals surface area contributed by atoms with Crippen molar-refractivity contribution in [2.24, 2.45) is 0 Å². The molecular formula is C23H26N2. The summed E-state index contributed by atoms with van der Waals surface area (Å²) in [5.74, 6) is 0.510. The predicted octanol–water partition coefficient (Wildman–Crippen LogP) is 5.78. The van der Waals surface area contributed by atoms with Gasteiger partial charge in [-0.15, -0.1) is 0 Å². The molecule has 2 aromatic carbocycles. The molecule has 1 heterocycles. The van der Waals surface area contributed by atoms with Crippen LogP contribution >= 0.6 is 0 Å². The zero-order valence-corrected chi connectivity index (χ0v) is 15.8. The highest BCUT2D eigenvalue weighted by atomic mass is 15.2. The van der Waals surface area contributed by atoms with Crippen LogP contribution in [0.15, 0.2) is 42.5 Å². The Morgan fingerprint density at radius 3 is 2.56 bits per heavy atom. The Hall–Kier alpha value is -2.53. The number of hydrogen-bond donors (Lipinski definition) is 0. The van der Waals surface area contributed by atoms with Gasteiger partial charge in [0.1, 0.15) is 0 Å². The molecule has 0 unspecified atom stereocenters. The molecule has 2 aromatic rings. The Morgan fingerprint density at radius 1 is 1.24 bits per heavy atom. The lowest BCUT2D eigenvalue weighted by Crippen LogP contribution is -2.45. The molecule has 0 bridgehead atoms. The highest BCUT2D eigenvalue weighted by molar-refractivity contribution is 5.90. The smallest absolute Gasteiger partial charge is 0.0998 e. The van der Waals surface area contributed by atoms with Gasteiger partial charge in [0.05, 0.1) is 11.6 Å². The average molecular weight is 330 g/mol. The molecule has 0 spiro atoms. The Kier molecular flexibility index (Phi) is 4.43. The van der Waals surface area contributed by atoms with Crippen molar-refractivity contribution < 1.29 is 0 Å². The third-order valence-corrected chi connectivity index (χ3v) is 5.53. The van der Waals surface area contributed by atoms with Crippen molar-refractivity contribution in [3.8, 4) is 6.07 Å². The summed E-state index contributed by atoms with van der Waals surface area (Å²) in [4.78, 5) is 2.39. The van der Waals surface area contributed by atoms with E-state index in [1.54, 1.807) is 0 Å². The lowest BCUT2D eigenvalue weighted by Gasteiger charge is -2.45. The number of rotatable bonds is 2. The van der Waals surface area contributed by atoms with Gasteiger partial charge in [-0.05, 0) is 73.6 Å². The van der Waals surface area contributed by atoms with Gasteiger partial charge in [0.2, 0.25) is 0 Å². The lowest BCUT2D eigenvalue weighted by molar-refractivity contribution is 0.395. The van der Waals surface area contributed by atoms with Crippen LogP contribution in [0, 0.1) is 18.3 Å². The molecule has 2 heteroatoms. The van der Waals surface area contributed by atoms with Crippen LogP contribution in [0.3, 0.4) is 0 Å². The third kappa shape index (κ3) is 3.20. The summed E-state index contributed by atoms with van der Waals surface area (Å²) in [5, 5.41) is 9.61. The van der Waals surface area contributed by atoms with E-state index in [9.17, 15) is 5.26 Å². The van der Waals surface area contributed by atoms with Crippen molar-refractivity contribution in [3.63, 3.8) is 0 Å². The van der Waals surface area contributed by atoms with Gasteiger partial charge >= 0.3 is 0 Å². The van der Waals surface area contributed by atoms with E-state index < -0.39 is 0 Å². The summed E-state index contributed by atoms with van der Waals surface area (Å²) in [7, 11) is 2.18. The molecule has 1 aliphatic rings. The maximum atomic E-state index is 9.61. The van der Waals surface area contributed by atoms with Crippen LogP contribution in [0.1, 0.15) is 55.4 Å². The SMILES string of the molecule is Cc1cc2c(cc1/C=C(\C#N)c1ccccc1)[C@H](C)CC(C)(C)N2C. The molecule has 1 aliphatic heterocycles. The molecule has 2 nitrogen and oxygen atoms in total. The van der Waals surface area contributed by atoms with E-state index in [2.05, 4.69) is 57.8 Å². The minimum Gasteiger partial charge on any atom is -0.369 e. The van der Waals surface area contributed by atoms with Gasteiger partial charge < -0.3 is 4.90 Å². The Bertz CT molecular complexity index is 854. The van der Waals surface area contributed by atoms with Gasteiger partial charge in [-0.3, -0.25) is 0 Å². The minimum atomic E-state index is 0.165. The van der Waals surface area contributed by atoms with E-state index in [-0.39, 0.29) is 5.54 Å². The zero-order chi connectivity index (χ0) is 18.2. The normalized spacial score (nSPS) is 19.3. The summed E-state index contributed by atoms with van der Waals surface area (Å²) in [6.07, 6.45) is 3.16. The molecule has 0 aromatic heterocycles. The summed E-state index contributed by atoms with van der Waals surface area (Å²) >= 11 is 0. The van der Waals surface area contributed by atoms with E-state index >= 15 is 0 Å². The van der Waals surface area contributed by atoms with E-state index in [1.807, 2.05) is 36.4 Å². The Balaban J connectivity index is 2.10. The van der Waals surface area contributed by atoms with Crippen molar-refractivity contribution in [2.45, 2.75) is 45.6 Å². The third-order valence-electron chi connectivity index (χ3n) is 5.53. The first kappa shape index (κ1) is 17.3. The fourth-order valence-corrected chi connectivity index (χ4v) is 3.84. The van der Waals surface area contributed by atoms with Gasteiger partial charge in [-0.2, -0.15) is 5.26 Å². The van der Waals surface area contributed by atoms with Gasteiger partial charge in [0.15, 0.2) is 0 Å². The fourth-order valence-electron chi connectivity index (χ4n) is 3.84. The number of anilines is 1. The Labute approximate surface area is 151 Å². The summed E-state index contributed by atoms with van der Waals surface area (Å²) in [6, 6.07) is 16.8. The van der Waals surface area contributed by atoms with Crippen molar-refractivity contribution in [1.82, 2.24) is 0 Å². The molecule has 3 rings (SSSR count). The lowest BCUT2D eigenvalue weighted by atomic mass is 9.79. The van der Waals surface area contributed by atoms with E-state index in [0.29, 0.717) is 11.5 Å². The maximum absolute atomic E-state index is 9.61. The fraction of sp³-hybridized carbons (Fsp3) is 0.348. The van der Waals surface area contributed by atoms with Crippen molar-refractivity contribution in [2.75, 3.05) is 11.9 Å². The largest absolute Gasteiger partial charge is 0.369 e. The van der Waals surface area contributed by atoms with Crippen LogP contribution in [0.25, 0.3) is 11.6 Å². The first-order chi connectivity index (χ1) is 11.8. The summed E-state index contributed by atoms with van der Waals surface area (Å²) < 4.78 is 0. The molecule has 0 saturated heterocycles. The van der Waals surface area contributed by atoms with Crippen molar-refractivity contribution in [3.05, 3.63) is 64.7 Å². The van der Waals surface area contributed by atoms with Crippen LogP contribution in [0.2, 0.25) is 0 Å². The number of nitriles is 1. The molecule has 25 heavy (non-hydrogen) atoms. The second kappa shape index (κ2) is 6.41. The van der Waals surface area contributed by atoms with Crippen LogP contribution in [-0.4, -0.2) is 12.6 Å². The first-order valence-electron chi connectivity index (χ1n) is 8.89. The quantitative estimate of drug-likeness (QED) is 0.515. The number of fused-ring (bicyclic) bond motifs is 1. The monoisotopic (exact) mass is 330 g/mol. The second-order valence-electron chi connectivity index (χ2n) is 7.78. The van der Waals surface area contributed by atoms with Crippen molar-refractivity contribution >= 4 is 17.3 Å². The second-order valence-corrected chi connectivity index (χ2v) is 7.78. The standard InChI is InChI=1S/C23H26N2/c1-16-11-22-21(17(2)14-23(3,4)25(22)5)13-19(16)12-20(15-24)18-9-7-6-8-10-18/h6-13,17H,14H2,1-5H3/b20-12+/t17-/m1/s1. The Morgan fingerprint density at radius 2 is 1.92 bits per heavy atom. The predicted molar refractivity (Wildman–Crippen MR) is 107 cm³/mol. The van der Waals surface area contributed by atoms with E-state index in [0.717, 1.165) is 17.5 Å². The molecule has 0 amide bonds. The van der Waals surface area contributed by atoms with Crippen LogP contribution < -0.4 is 4.90 Å². The van der Waals surface area contributed by atoms with Gasteiger partial charge in [-0.1, -0.05) is 37.3 Å². The van der Waals surface area contributed by atoms with Gasteiger partial charge in [0.25, 0.3) is 0 Å². The molecule has 0 radical (unpaired) electrons. The number of aryl methyl sites for hydroxylation is 1. The molecule has 0 saturated carbocycles. The number of allylic oxidation sites excluding steroid dienone is 1. The van der Waals surface area contributed by atoms with Crippen LogP contribution in [-0.2, 0) is 0 Å². The topological polar surface area (TPSA) is 27.0 Å². The zero-order valence-electron chi connectivity index (χ0n) is 15.8. The molecule has 1 atom stereocenters. The number of nitrogens with zero attached hydrogens (tertiary/aromatic N) is 2. The first-order valence-corrected chi connectivity index (χ1v) is 8.89. The van der Waals surface area contributed by atoms with Gasteiger partial charge in [0, 0.05) is 18.3 Å². The number of hydrogen-bond acceptors (Lipinski definition) is 2. The molecule has 0 aliphatic carbocycles. The average Bonchev–Trinajstić information content (AvgIpc) is 2.59. The maximum Gasteiger partial charge on any atom is 0.0998 e. The molecular weight excluding hydrogens is 304 g/mol. The van der Waals surface area contributed by atoms with Crippen LogP contribution in [0.4, 0.5) is 5.69 Å². The van der Waals surface area contributed by atoms with E-state index in [4.69, 9.17) is 0 Å². The number of benzene rings is 2. The molecule has 0 N–H and O–H groups in total. The van der Waals surface area contributed by atoms with Crippen LogP contribution in [0.5, 0.6) is 0 Å². The summed E-state index contributed by atoms with van der Waals surface area (Å²) in [5.41, 5.74) is 6.88. The molecule has 0 fully saturated rings. The van der Waals surface area contributed by atoms with E-state index in [1.165, 1.54) is 16.8 Å². The van der Waals surface area contributed by atoms with Crippen molar-refractivity contribution in [1.29, 1.82) is 5.26 Å². The summed E-state index contributed by atoms with van der Waals surface area (Å²) in [6.45, 7) is 9.04. The minimum absolute atomic E-state index is 0.165.